The number of hydrogen-bond donors (Lipinski definition) is 0. The van der Waals surface area contributed by atoms with E-state index in [1.165, 1.54) is 0 Å². The van der Waals surface area contributed by atoms with Crippen LogP contribution in [0.1, 0.15) is 57.8 Å². The van der Waals surface area contributed by atoms with E-state index < -0.39 is 54.5 Å². The van der Waals surface area contributed by atoms with Gasteiger partial charge in [0, 0.05) is 18.5 Å². The van der Waals surface area contributed by atoms with E-state index in [1.54, 1.807) is 4.13 Å². The number of amides is 1. The highest BCUT2D eigenvalue weighted by atomic mass is 32.3. The van der Waals surface area contributed by atoms with Gasteiger partial charge in [-0.15, -0.1) is 0 Å². The van der Waals surface area contributed by atoms with Crippen LogP contribution in [0.3, 0.4) is 0 Å². The molecule has 0 aromatic carbocycles. The van der Waals surface area contributed by atoms with Crippen LogP contribution in [-0.4, -0.2) is 63.8 Å². The van der Waals surface area contributed by atoms with Crippen LogP contribution in [-0.2, 0) is 34.4 Å². The maximum Gasteiger partial charge on any atom is 0.424 e. The highest BCUT2D eigenvalue weighted by Crippen LogP contribution is 2.60. The fraction of sp³-hybridized carbons (Fsp3) is 0.900. The van der Waals surface area contributed by atoms with Gasteiger partial charge in [-0.25, -0.2) is 21.6 Å². The number of alkyl halides is 4. The normalized spacial score (nSPS) is 31.4. The third-order valence-corrected chi connectivity index (χ3v) is 10.9. The maximum atomic E-state index is 14.5. The Balaban J connectivity index is 1.43. The van der Waals surface area contributed by atoms with Crippen molar-refractivity contribution in [3.8, 4) is 0 Å². The van der Waals surface area contributed by atoms with Gasteiger partial charge in [-0.2, -0.15) is 17.6 Å². The standard InChI is InChI=1S/C20H27F4N2O7S2/c21-19(22,16(27)26-4-2-1-3-5-26)34(29,30)25-35(31,32)20(23,24)17(28)33-12-18-9-13-6-14(10-18)8-15(7-13)11-18/h13-15H,1-12H2/q-1. The summed E-state index contributed by atoms with van der Waals surface area (Å²) in [5.41, 5.74) is -0.554. The molecule has 4 bridgehead atoms. The zero-order valence-electron chi connectivity index (χ0n) is 18.8. The predicted molar refractivity (Wildman–Crippen MR) is 113 cm³/mol. The van der Waals surface area contributed by atoms with Gasteiger partial charge in [-0.1, -0.05) is 0 Å². The third-order valence-electron chi connectivity index (χ3n) is 7.65. The number of sulfonamides is 2. The first-order valence-electron chi connectivity index (χ1n) is 11.5. The SMILES string of the molecule is O=C(OCC12CC3CC(CC(C3)C1)C2)C(F)(F)S(=O)(=O)[N-]S(=O)(=O)C(F)(F)C(=O)N1CCCCC1. The monoisotopic (exact) mass is 547 g/mol. The topological polar surface area (TPSA) is 129 Å². The van der Waals surface area contributed by atoms with E-state index in [1.807, 2.05) is 0 Å². The fourth-order valence-electron chi connectivity index (χ4n) is 6.49. The van der Waals surface area contributed by atoms with E-state index in [0.717, 1.165) is 19.3 Å². The molecule has 0 unspecified atom stereocenters. The third kappa shape index (κ3) is 4.79. The van der Waals surface area contributed by atoms with Crippen LogP contribution in [0.15, 0.2) is 0 Å². The molecular weight excluding hydrogens is 520 g/mol. The molecule has 4 saturated carbocycles. The molecule has 0 radical (unpaired) electrons. The van der Waals surface area contributed by atoms with Crippen LogP contribution in [0, 0.1) is 23.2 Å². The first-order chi connectivity index (χ1) is 16.1. The lowest BCUT2D eigenvalue weighted by atomic mass is 9.50. The number of carbonyl (C=O) groups excluding carboxylic acids is 2. The Morgan fingerprint density at radius 2 is 1.29 bits per heavy atom. The molecule has 5 aliphatic rings. The Hall–Kier alpha value is -1.48. The Bertz CT molecular complexity index is 1050. The minimum atomic E-state index is -6.66. The van der Waals surface area contributed by atoms with Crippen molar-refractivity contribution in [3.63, 3.8) is 0 Å². The summed E-state index contributed by atoms with van der Waals surface area (Å²) in [6.45, 7) is -0.885. The summed E-state index contributed by atoms with van der Waals surface area (Å²) in [6.07, 6.45) is 6.21. The molecule has 1 amide bonds. The van der Waals surface area contributed by atoms with Crippen molar-refractivity contribution in [1.29, 1.82) is 0 Å². The van der Waals surface area contributed by atoms with Crippen molar-refractivity contribution < 1.29 is 48.7 Å². The van der Waals surface area contributed by atoms with Crippen LogP contribution in [0.5, 0.6) is 0 Å². The van der Waals surface area contributed by atoms with Crippen LogP contribution in [0.4, 0.5) is 17.6 Å². The minimum Gasteiger partial charge on any atom is -0.460 e. The minimum absolute atomic E-state index is 0.205. The Labute approximate surface area is 201 Å². The summed E-state index contributed by atoms with van der Waals surface area (Å²) in [6, 6.07) is 0. The van der Waals surface area contributed by atoms with Crippen LogP contribution >= 0.6 is 0 Å². The molecule has 0 aromatic rings. The summed E-state index contributed by atoms with van der Waals surface area (Å²) in [7, 11) is -13.3. The van der Waals surface area contributed by atoms with Crippen molar-refractivity contribution in [3.05, 3.63) is 4.13 Å². The zero-order chi connectivity index (χ0) is 25.9. The molecule has 1 aliphatic heterocycles. The van der Waals surface area contributed by atoms with Gasteiger partial charge in [-0.3, -0.25) is 4.79 Å². The first kappa shape index (κ1) is 26.6. The summed E-state index contributed by atoms with van der Waals surface area (Å²) in [4.78, 5) is 24.6. The lowest BCUT2D eigenvalue weighted by Crippen LogP contribution is -2.51. The number of hydrogen-bond acceptors (Lipinski definition) is 7. The Kier molecular flexibility index (Phi) is 6.70. The molecule has 35 heavy (non-hydrogen) atoms. The molecule has 0 atom stereocenters. The Morgan fingerprint density at radius 1 is 0.829 bits per heavy atom. The van der Waals surface area contributed by atoms with E-state index in [2.05, 4.69) is 4.74 Å². The highest BCUT2D eigenvalue weighted by Gasteiger charge is 2.57. The van der Waals surface area contributed by atoms with Gasteiger partial charge in [0.05, 0.1) is 6.61 Å². The number of rotatable bonds is 8. The molecule has 1 heterocycles. The summed E-state index contributed by atoms with van der Waals surface area (Å²) in [5.74, 6) is -3.71. The molecule has 1 saturated heterocycles. The number of halogens is 4. The van der Waals surface area contributed by atoms with E-state index in [4.69, 9.17) is 0 Å². The second-order valence-corrected chi connectivity index (χ2v) is 13.9. The molecular formula is C20H27F4N2O7S2-. The quantitative estimate of drug-likeness (QED) is 0.337. The molecule has 5 rings (SSSR count). The molecule has 0 N–H and O–H groups in total. The lowest BCUT2D eigenvalue weighted by Gasteiger charge is -2.56. The molecule has 4 aliphatic carbocycles. The number of piperidine rings is 1. The Morgan fingerprint density at radius 3 is 1.77 bits per heavy atom. The van der Waals surface area contributed by atoms with Gasteiger partial charge < -0.3 is 13.8 Å². The van der Waals surface area contributed by atoms with E-state index in [-0.39, 0.29) is 13.1 Å². The van der Waals surface area contributed by atoms with Crippen molar-refractivity contribution in [2.45, 2.75) is 68.3 Å². The number of likely N-dealkylation sites (tertiary alicyclic amines) is 1. The fourth-order valence-corrected chi connectivity index (χ4v) is 8.89. The summed E-state index contributed by atoms with van der Waals surface area (Å²) in [5, 5.41) is -10.9. The largest absolute Gasteiger partial charge is 0.460 e. The van der Waals surface area contributed by atoms with Gasteiger partial charge in [0.25, 0.3) is 0 Å². The molecule has 0 aromatic heterocycles. The van der Waals surface area contributed by atoms with E-state index in [9.17, 15) is 44.0 Å². The van der Waals surface area contributed by atoms with Crippen molar-refractivity contribution >= 4 is 31.9 Å². The van der Waals surface area contributed by atoms with Gasteiger partial charge in [0.1, 0.15) is 0 Å². The smallest absolute Gasteiger partial charge is 0.424 e. The molecule has 0 spiro atoms. The van der Waals surface area contributed by atoms with Gasteiger partial charge in [-0.05, 0) is 75.5 Å². The summed E-state index contributed by atoms with van der Waals surface area (Å²) < 4.78 is 112. The average molecular weight is 548 g/mol. The van der Waals surface area contributed by atoms with Crippen molar-refractivity contribution in [1.82, 2.24) is 4.90 Å². The second kappa shape index (κ2) is 8.82. The van der Waals surface area contributed by atoms with Crippen LogP contribution in [0.25, 0.3) is 4.13 Å². The zero-order valence-corrected chi connectivity index (χ0v) is 20.4. The first-order valence-corrected chi connectivity index (χ1v) is 14.4. The maximum absolute atomic E-state index is 14.5. The number of carbonyl (C=O) groups is 2. The average Bonchev–Trinajstić information content (AvgIpc) is 2.75. The summed E-state index contributed by atoms with van der Waals surface area (Å²) >= 11 is 0. The van der Waals surface area contributed by atoms with Crippen LogP contribution in [0.2, 0.25) is 0 Å². The van der Waals surface area contributed by atoms with Gasteiger partial charge in [0.2, 0.25) is 0 Å². The second-order valence-electron chi connectivity index (χ2n) is 10.4. The molecule has 200 valence electrons. The predicted octanol–water partition coefficient (Wildman–Crippen LogP) is 2.98. The molecule has 5 fully saturated rings. The van der Waals surface area contributed by atoms with Gasteiger partial charge >= 0.3 is 22.4 Å². The van der Waals surface area contributed by atoms with E-state index in [0.29, 0.717) is 61.2 Å². The van der Waals surface area contributed by atoms with Crippen molar-refractivity contribution in [2.75, 3.05) is 19.7 Å². The molecule has 9 nitrogen and oxygen atoms in total. The number of esters is 1. The molecule has 15 heteroatoms. The van der Waals surface area contributed by atoms with Crippen molar-refractivity contribution in [2.24, 2.45) is 23.2 Å². The van der Waals surface area contributed by atoms with E-state index >= 15 is 0 Å². The van der Waals surface area contributed by atoms with Crippen LogP contribution < -0.4 is 0 Å². The highest BCUT2D eigenvalue weighted by molar-refractivity contribution is 8.13. The van der Waals surface area contributed by atoms with Gasteiger partial charge in [0.15, 0.2) is 20.0 Å². The lowest BCUT2D eigenvalue weighted by molar-refractivity contribution is -0.171. The number of nitrogens with zero attached hydrogens (tertiary/aromatic N) is 2. The number of ether oxygens (including phenoxy) is 1.